The Morgan fingerprint density at radius 2 is 2.08 bits per heavy atom. The van der Waals surface area contributed by atoms with Gasteiger partial charge in [-0.15, -0.1) is 0 Å². The lowest BCUT2D eigenvalue weighted by Gasteiger charge is -2.38. The average molecular weight is 348 g/mol. The molecule has 0 amide bonds. The van der Waals surface area contributed by atoms with Crippen molar-refractivity contribution < 1.29 is 19.4 Å². The second-order valence-electron chi connectivity index (χ2n) is 6.80. The molecule has 1 N–H and O–H groups in total. The van der Waals surface area contributed by atoms with Crippen LogP contribution < -0.4 is 14.4 Å². The van der Waals surface area contributed by atoms with Crippen LogP contribution in [-0.4, -0.2) is 61.9 Å². The number of carbonyl (C=O) groups is 1. The van der Waals surface area contributed by atoms with Crippen molar-refractivity contribution in [2.75, 3.05) is 44.7 Å². The summed E-state index contributed by atoms with van der Waals surface area (Å²) < 4.78 is 11.3. The predicted molar refractivity (Wildman–Crippen MR) is 96.9 cm³/mol. The number of anilines is 1. The Balaban J connectivity index is 1.80. The van der Waals surface area contributed by atoms with E-state index in [4.69, 9.17) is 9.47 Å². The number of hydrogen-bond donors (Lipinski definition) is 1. The number of nitrogens with zero attached hydrogens (tertiary/aromatic N) is 2. The van der Waals surface area contributed by atoms with Gasteiger partial charge in [0.1, 0.15) is 11.5 Å². The lowest BCUT2D eigenvalue weighted by atomic mass is 10.00. The first-order chi connectivity index (χ1) is 12.1. The molecule has 3 rings (SSSR count). The molecule has 0 aromatic heterocycles. The molecule has 138 valence electrons. The molecular weight excluding hydrogens is 320 g/mol. The van der Waals surface area contributed by atoms with Crippen molar-refractivity contribution in [2.24, 2.45) is 0 Å². The third kappa shape index (κ3) is 4.00. The van der Waals surface area contributed by atoms with Crippen molar-refractivity contribution >= 4 is 11.7 Å². The number of piperazine rings is 1. The van der Waals surface area contributed by atoms with Crippen LogP contribution in [-0.2, 0) is 11.2 Å². The van der Waals surface area contributed by atoms with Crippen LogP contribution in [0.25, 0.3) is 0 Å². The van der Waals surface area contributed by atoms with Gasteiger partial charge < -0.3 is 19.5 Å². The fourth-order valence-corrected chi connectivity index (χ4v) is 3.57. The lowest BCUT2D eigenvalue weighted by molar-refractivity contribution is -0.145. The molecule has 0 radical (unpaired) electrons. The van der Waals surface area contributed by atoms with Gasteiger partial charge in [0.05, 0.1) is 12.8 Å². The number of rotatable bonds is 6. The third-order valence-corrected chi connectivity index (χ3v) is 5.11. The molecule has 2 aliphatic rings. The minimum absolute atomic E-state index is 0.500. The molecule has 0 unspecified atom stereocenters. The van der Waals surface area contributed by atoms with Crippen LogP contribution in [0.3, 0.4) is 0 Å². The van der Waals surface area contributed by atoms with Crippen LogP contribution in [0, 0.1) is 0 Å². The molecule has 2 aliphatic heterocycles. The number of fused-ring (bicyclic) bond motifs is 1. The van der Waals surface area contributed by atoms with E-state index < -0.39 is 12.1 Å². The number of carboxylic acids is 1. The van der Waals surface area contributed by atoms with Gasteiger partial charge in [-0.3, -0.25) is 4.90 Å². The summed E-state index contributed by atoms with van der Waals surface area (Å²) in [6, 6.07) is 3.94. The number of unbranched alkanes of at least 4 members (excludes halogenated alkanes) is 1. The van der Waals surface area contributed by atoms with Crippen molar-refractivity contribution in [1.29, 1.82) is 0 Å². The summed E-state index contributed by atoms with van der Waals surface area (Å²) in [7, 11) is 1.66. The fourth-order valence-electron chi connectivity index (χ4n) is 3.57. The smallest absolute Gasteiger partial charge is 0.344 e. The van der Waals surface area contributed by atoms with Gasteiger partial charge in [0.15, 0.2) is 6.10 Å². The van der Waals surface area contributed by atoms with Crippen molar-refractivity contribution in [2.45, 2.75) is 38.7 Å². The molecule has 0 aliphatic carbocycles. The van der Waals surface area contributed by atoms with Gasteiger partial charge in [-0.05, 0) is 31.9 Å². The van der Waals surface area contributed by atoms with Crippen LogP contribution in [0.1, 0.15) is 31.7 Å². The highest BCUT2D eigenvalue weighted by atomic mass is 16.5. The number of methoxy groups -OCH3 is 1. The van der Waals surface area contributed by atoms with Crippen molar-refractivity contribution in [3.8, 4) is 11.5 Å². The maximum absolute atomic E-state index is 11.3. The van der Waals surface area contributed by atoms with Crippen molar-refractivity contribution in [3.63, 3.8) is 0 Å². The van der Waals surface area contributed by atoms with Crippen LogP contribution >= 0.6 is 0 Å². The molecule has 1 aromatic rings. The maximum atomic E-state index is 11.3. The summed E-state index contributed by atoms with van der Waals surface area (Å²) in [6.45, 7) is 7.25. The van der Waals surface area contributed by atoms with Gasteiger partial charge >= 0.3 is 5.97 Å². The number of ether oxygens (including phenoxy) is 2. The first-order valence-corrected chi connectivity index (χ1v) is 9.20. The van der Waals surface area contributed by atoms with E-state index in [-0.39, 0.29) is 0 Å². The van der Waals surface area contributed by atoms with Gasteiger partial charge in [-0.25, -0.2) is 4.79 Å². The van der Waals surface area contributed by atoms with Gasteiger partial charge in [0, 0.05) is 37.8 Å². The number of carboxylic acid groups (broad SMARTS) is 1. The zero-order chi connectivity index (χ0) is 17.8. The molecule has 0 spiro atoms. The quantitative estimate of drug-likeness (QED) is 0.852. The first-order valence-electron chi connectivity index (χ1n) is 9.20. The molecule has 2 heterocycles. The number of benzene rings is 1. The number of aliphatic carboxylic acids is 1. The molecule has 1 atom stereocenters. The Bertz CT molecular complexity index is 612. The van der Waals surface area contributed by atoms with Gasteiger partial charge in [0.25, 0.3) is 0 Å². The molecule has 0 saturated carbocycles. The van der Waals surface area contributed by atoms with Crippen LogP contribution in [0.15, 0.2) is 12.1 Å². The zero-order valence-electron chi connectivity index (χ0n) is 15.2. The number of aryl methyl sites for hydroxylation is 1. The highest BCUT2D eigenvalue weighted by molar-refractivity contribution is 5.75. The molecule has 0 bridgehead atoms. The van der Waals surface area contributed by atoms with E-state index >= 15 is 0 Å². The van der Waals surface area contributed by atoms with Gasteiger partial charge in [-0.1, -0.05) is 13.3 Å². The Hall–Kier alpha value is -1.95. The highest BCUT2D eigenvalue weighted by Crippen LogP contribution is 2.41. The number of hydrogen-bond acceptors (Lipinski definition) is 5. The molecule has 1 aromatic carbocycles. The van der Waals surface area contributed by atoms with Gasteiger partial charge in [0.2, 0.25) is 0 Å². The second kappa shape index (κ2) is 7.95. The topological polar surface area (TPSA) is 62.2 Å². The van der Waals surface area contributed by atoms with E-state index in [9.17, 15) is 9.90 Å². The van der Waals surface area contributed by atoms with E-state index in [1.807, 2.05) is 12.1 Å². The van der Waals surface area contributed by atoms with Crippen molar-refractivity contribution in [1.82, 2.24) is 4.90 Å². The third-order valence-electron chi connectivity index (χ3n) is 5.11. The Morgan fingerprint density at radius 1 is 1.32 bits per heavy atom. The summed E-state index contributed by atoms with van der Waals surface area (Å²) in [6.07, 6.45) is 2.89. The maximum Gasteiger partial charge on any atom is 0.344 e. The minimum Gasteiger partial charge on any atom is -0.497 e. The Kier molecular flexibility index (Phi) is 5.68. The van der Waals surface area contributed by atoms with E-state index in [2.05, 4.69) is 16.7 Å². The monoisotopic (exact) mass is 348 g/mol. The lowest BCUT2D eigenvalue weighted by Crippen LogP contribution is -2.47. The molecule has 6 heteroatoms. The van der Waals surface area contributed by atoms with E-state index in [0.717, 1.165) is 55.5 Å². The fraction of sp³-hybridized carbons (Fsp3) is 0.632. The largest absolute Gasteiger partial charge is 0.497 e. The van der Waals surface area contributed by atoms with E-state index in [1.54, 1.807) is 7.11 Å². The summed E-state index contributed by atoms with van der Waals surface area (Å²) in [5.41, 5.74) is 2.01. The molecular formula is C19H28N2O4. The van der Waals surface area contributed by atoms with E-state index in [0.29, 0.717) is 12.8 Å². The first kappa shape index (κ1) is 17.9. The molecule has 1 fully saturated rings. The predicted octanol–water partition coefficient (Wildman–Crippen LogP) is 2.40. The minimum atomic E-state index is -0.892. The Labute approximate surface area is 149 Å². The zero-order valence-corrected chi connectivity index (χ0v) is 15.2. The van der Waals surface area contributed by atoms with E-state index in [1.165, 1.54) is 12.8 Å². The van der Waals surface area contributed by atoms with Crippen LogP contribution in [0.5, 0.6) is 11.5 Å². The standard InChI is InChI=1S/C19H28N2O4/c1-3-4-7-20-8-10-21(11-9-20)16-13-15(24-2)12-14-5-6-17(19(22)23)25-18(14)16/h12-13,17H,3-11H2,1-2H3,(H,22,23)/t17-/m1/s1. The molecule has 25 heavy (non-hydrogen) atoms. The molecule has 6 nitrogen and oxygen atoms in total. The summed E-state index contributed by atoms with van der Waals surface area (Å²) >= 11 is 0. The van der Waals surface area contributed by atoms with Crippen LogP contribution in [0.2, 0.25) is 0 Å². The Morgan fingerprint density at radius 3 is 2.72 bits per heavy atom. The summed E-state index contributed by atoms with van der Waals surface area (Å²) in [5, 5.41) is 9.31. The molecule has 1 saturated heterocycles. The van der Waals surface area contributed by atoms with Crippen molar-refractivity contribution in [3.05, 3.63) is 17.7 Å². The van der Waals surface area contributed by atoms with Crippen LogP contribution in [0.4, 0.5) is 5.69 Å². The SMILES string of the molecule is CCCCN1CCN(c2cc(OC)cc3c2O[C@@H](C(=O)O)CC3)CC1. The normalized spacial score (nSPS) is 20.7. The summed E-state index contributed by atoms with van der Waals surface area (Å²) in [5.74, 6) is 0.637. The second-order valence-corrected chi connectivity index (χ2v) is 6.80. The average Bonchev–Trinajstić information content (AvgIpc) is 2.65. The van der Waals surface area contributed by atoms with Gasteiger partial charge in [-0.2, -0.15) is 0 Å². The summed E-state index contributed by atoms with van der Waals surface area (Å²) in [4.78, 5) is 16.1. The highest BCUT2D eigenvalue weighted by Gasteiger charge is 2.30.